The van der Waals surface area contributed by atoms with E-state index in [9.17, 15) is 0 Å². The summed E-state index contributed by atoms with van der Waals surface area (Å²) < 4.78 is 9.14. The molecule has 0 fully saturated rings. The van der Waals surface area contributed by atoms with Crippen molar-refractivity contribution < 1.29 is 4.42 Å². The van der Waals surface area contributed by atoms with Gasteiger partial charge in [-0.3, -0.25) is 0 Å². The maximum absolute atomic E-state index is 6.76. The lowest BCUT2D eigenvalue weighted by atomic mass is 9.90. The monoisotopic (exact) mass is 854 g/mol. The zero-order valence-electron chi connectivity index (χ0n) is 36.6. The topological polar surface area (TPSA) is 21.3 Å². The first-order valence-corrected chi connectivity index (χ1v) is 22.9. The van der Waals surface area contributed by atoms with Crippen LogP contribution in [0, 0.1) is 0 Å². The first-order valence-electron chi connectivity index (χ1n) is 22.9. The normalized spacial score (nSPS) is 11.6. The standard InChI is InChI=1S/C64H42N2O/c1-3-20-43(21-4-1)48-31-17-22-44-23-18-32-53(63(44)48)49-27-8-14-37-59(49)66(60-38-15-9-28-50(60)54-33-19-34-55-52-30-11-16-39-62(52)67-64(54)55)57-35-12-7-26-47(57)45-40-41-61-56(42-45)51-29-10-13-36-58(51)65(61)46-24-5-2-6-25-46/h1-42H. The number of anilines is 3. The van der Waals surface area contributed by atoms with Gasteiger partial charge in [0, 0.05) is 49.5 Å². The summed E-state index contributed by atoms with van der Waals surface area (Å²) >= 11 is 0. The molecule has 3 heteroatoms. The molecule has 0 atom stereocenters. The smallest absolute Gasteiger partial charge is 0.143 e. The predicted octanol–water partition coefficient (Wildman–Crippen LogP) is 18.0. The maximum atomic E-state index is 6.76. The Morgan fingerprint density at radius 3 is 1.60 bits per heavy atom. The summed E-state index contributed by atoms with van der Waals surface area (Å²) in [5.41, 5.74) is 17.5. The quantitative estimate of drug-likeness (QED) is 0.152. The lowest BCUT2D eigenvalue weighted by molar-refractivity contribution is 0.670. The number of furan rings is 1. The highest BCUT2D eigenvalue weighted by Crippen LogP contribution is 2.51. The SMILES string of the molecule is c1ccc(-c2cccc3cccc(-c4ccccc4N(c4ccccc4-c4ccc5c(c4)c4ccccc4n5-c4ccccc4)c4ccccc4-c4cccc5c4oc4ccccc45)c23)cc1. The molecule has 0 saturated heterocycles. The van der Waals surface area contributed by atoms with E-state index >= 15 is 0 Å². The highest BCUT2D eigenvalue weighted by molar-refractivity contribution is 6.14. The molecule has 0 aliphatic heterocycles. The van der Waals surface area contributed by atoms with E-state index < -0.39 is 0 Å². The molecule has 0 N–H and O–H groups in total. The molecule has 0 amide bonds. The van der Waals surface area contributed by atoms with Crippen LogP contribution in [0.3, 0.4) is 0 Å². The van der Waals surface area contributed by atoms with Gasteiger partial charge in [0.1, 0.15) is 11.2 Å². The lowest BCUT2D eigenvalue weighted by Gasteiger charge is -2.32. The molecular formula is C64H42N2O. The Morgan fingerprint density at radius 1 is 0.313 bits per heavy atom. The van der Waals surface area contributed by atoms with E-state index in [2.05, 4.69) is 258 Å². The third-order valence-electron chi connectivity index (χ3n) is 13.4. The van der Waals surface area contributed by atoms with Gasteiger partial charge in [0.2, 0.25) is 0 Å². The zero-order chi connectivity index (χ0) is 44.3. The molecule has 0 unspecified atom stereocenters. The second-order valence-corrected chi connectivity index (χ2v) is 17.2. The van der Waals surface area contributed by atoms with E-state index in [1.54, 1.807) is 0 Å². The minimum Gasteiger partial charge on any atom is -0.455 e. The fraction of sp³-hybridized carbons (Fsp3) is 0. The molecule has 2 heterocycles. The Labute approximate surface area is 388 Å². The lowest BCUT2D eigenvalue weighted by Crippen LogP contribution is -2.13. The number of hydrogen-bond acceptors (Lipinski definition) is 2. The molecular weight excluding hydrogens is 813 g/mol. The number of nitrogens with zero attached hydrogens (tertiary/aromatic N) is 2. The van der Waals surface area contributed by atoms with Crippen molar-refractivity contribution in [2.24, 2.45) is 0 Å². The van der Waals surface area contributed by atoms with Gasteiger partial charge >= 0.3 is 0 Å². The number of para-hydroxylation sites is 7. The molecule has 314 valence electrons. The fourth-order valence-electron chi connectivity index (χ4n) is 10.5. The van der Waals surface area contributed by atoms with Gasteiger partial charge in [-0.2, -0.15) is 0 Å². The molecule has 0 aliphatic rings. The zero-order valence-corrected chi connectivity index (χ0v) is 36.6. The summed E-state index contributed by atoms with van der Waals surface area (Å²) in [4.78, 5) is 2.49. The maximum Gasteiger partial charge on any atom is 0.143 e. The first-order chi connectivity index (χ1) is 33.3. The minimum atomic E-state index is 0.875. The van der Waals surface area contributed by atoms with Gasteiger partial charge in [0.05, 0.1) is 28.1 Å². The van der Waals surface area contributed by atoms with Gasteiger partial charge < -0.3 is 13.9 Å². The van der Waals surface area contributed by atoms with Crippen LogP contribution >= 0.6 is 0 Å². The van der Waals surface area contributed by atoms with Crippen molar-refractivity contribution in [1.29, 1.82) is 0 Å². The van der Waals surface area contributed by atoms with Gasteiger partial charge in [-0.1, -0.05) is 200 Å². The van der Waals surface area contributed by atoms with E-state index in [1.807, 2.05) is 6.07 Å². The third-order valence-corrected chi connectivity index (χ3v) is 13.4. The Kier molecular flexibility index (Phi) is 9.17. The highest BCUT2D eigenvalue weighted by atomic mass is 16.3. The number of hydrogen-bond donors (Lipinski definition) is 0. The molecule has 0 aliphatic carbocycles. The van der Waals surface area contributed by atoms with Crippen LogP contribution in [-0.2, 0) is 0 Å². The van der Waals surface area contributed by atoms with Crippen LogP contribution in [-0.4, -0.2) is 4.57 Å². The Bertz CT molecular complexity index is 3990. The number of fused-ring (bicyclic) bond motifs is 7. The summed E-state index contributed by atoms with van der Waals surface area (Å²) in [6.07, 6.45) is 0. The summed E-state index contributed by atoms with van der Waals surface area (Å²) in [5.74, 6) is 0. The summed E-state index contributed by atoms with van der Waals surface area (Å²) in [6, 6.07) is 92.0. The first kappa shape index (κ1) is 38.5. The van der Waals surface area contributed by atoms with Crippen LogP contribution in [0.2, 0.25) is 0 Å². The van der Waals surface area contributed by atoms with E-state index in [0.717, 1.165) is 72.5 Å². The van der Waals surface area contributed by atoms with E-state index in [4.69, 9.17) is 4.42 Å². The van der Waals surface area contributed by atoms with Gasteiger partial charge in [-0.25, -0.2) is 0 Å². The van der Waals surface area contributed by atoms with Crippen LogP contribution in [0.1, 0.15) is 0 Å². The van der Waals surface area contributed by atoms with Crippen molar-refractivity contribution in [3.63, 3.8) is 0 Å². The van der Waals surface area contributed by atoms with Gasteiger partial charge in [-0.15, -0.1) is 0 Å². The van der Waals surface area contributed by atoms with Crippen molar-refractivity contribution in [3.05, 3.63) is 255 Å². The molecule has 13 rings (SSSR count). The molecule has 11 aromatic carbocycles. The van der Waals surface area contributed by atoms with Gasteiger partial charge in [0.15, 0.2) is 0 Å². The van der Waals surface area contributed by atoms with Gasteiger partial charge in [0.25, 0.3) is 0 Å². The second-order valence-electron chi connectivity index (χ2n) is 17.2. The van der Waals surface area contributed by atoms with Crippen LogP contribution in [0.25, 0.3) is 105 Å². The molecule has 67 heavy (non-hydrogen) atoms. The van der Waals surface area contributed by atoms with Crippen molar-refractivity contribution in [2.75, 3.05) is 4.90 Å². The molecule has 13 aromatic rings. The van der Waals surface area contributed by atoms with Crippen molar-refractivity contribution in [3.8, 4) is 50.2 Å². The predicted molar refractivity (Wildman–Crippen MR) is 282 cm³/mol. The Balaban J connectivity index is 1.09. The second kappa shape index (κ2) is 16.0. The Morgan fingerprint density at radius 2 is 0.836 bits per heavy atom. The summed E-state index contributed by atoms with van der Waals surface area (Å²) in [5, 5.41) is 7.05. The molecule has 2 aromatic heterocycles. The Hall–Kier alpha value is -8.92. The molecule has 0 spiro atoms. The van der Waals surface area contributed by atoms with Crippen LogP contribution in [0.15, 0.2) is 259 Å². The summed E-state index contributed by atoms with van der Waals surface area (Å²) in [7, 11) is 0. The molecule has 0 saturated carbocycles. The number of benzene rings is 11. The average molecular weight is 855 g/mol. The van der Waals surface area contributed by atoms with Gasteiger partial charge in [-0.05, 0) is 87.6 Å². The van der Waals surface area contributed by atoms with Crippen LogP contribution in [0.5, 0.6) is 0 Å². The molecule has 0 bridgehead atoms. The van der Waals surface area contributed by atoms with Crippen molar-refractivity contribution in [1.82, 2.24) is 4.57 Å². The average Bonchev–Trinajstić information content (AvgIpc) is 3.95. The largest absolute Gasteiger partial charge is 0.455 e. The third kappa shape index (κ3) is 6.35. The molecule has 3 nitrogen and oxygen atoms in total. The van der Waals surface area contributed by atoms with E-state index in [0.29, 0.717) is 0 Å². The highest BCUT2D eigenvalue weighted by Gasteiger charge is 2.26. The van der Waals surface area contributed by atoms with Crippen LogP contribution < -0.4 is 4.90 Å². The van der Waals surface area contributed by atoms with Crippen LogP contribution in [0.4, 0.5) is 17.1 Å². The fourth-order valence-corrected chi connectivity index (χ4v) is 10.5. The number of rotatable bonds is 8. The molecule has 0 radical (unpaired) electrons. The summed E-state index contributed by atoms with van der Waals surface area (Å²) in [6.45, 7) is 0. The van der Waals surface area contributed by atoms with Crippen molar-refractivity contribution in [2.45, 2.75) is 0 Å². The number of aromatic nitrogens is 1. The minimum absolute atomic E-state index is 0.875. The van der Waals surface area contributed by atoms with Crippen molar-refractivity contribution >= 4 is 71.6 Å². The van der Waals surface area contributed by atoms with E-state index in [-0.39, 0.29) is 0 Å². The van der Waals surface area contributed by atoms with E-state index in [1.165, 1.54) is 49.3 Å².